The molecule has 0 amide bonds. The molecule has 1 saturated carbocycles. The number of nitrogens with zero attached hydrogens (tertiary/aromatic N) is 5. The second kappa shape index (κ2) is 7.12. The summed E-state index contributed by atoms with van der Waals surface area (Å²) >= 11 is 7.81. The molecular weight excluding hydrogens is 392 g/mol. The summed E-state index contributed by atoms with van der Waals surface area (Å²) in [6.07, 6.45) is 5.31. The molecule has 2 aliphatic rings. The van der Waals surface area contributed by atoms with E-state index in [4.69, 9.17) is 11.6 Å². The van der Waals surface area contributed by atoms with E-state index >= 15 is 0 Å². The van der Waals surface area contributed by atoms with Crippen molar-refractivity contribution in [2.45, 2.75) is 63.8 Å². The van der Waals surface area contributed by atoms with Crippen molar-refractivity contribution < 1.29 is 0 Å². The Labute approximate surface area is 173 Å². The van der Waals surface area contributed by atoms with Crippen LogP contribution in [0, 0.1) is 6.92 Å². The van der Waals surface area contributed by atoms with Crippen LogP contribution in [0.1, 0.15) is 66.9 Å². The lowest BCUT2D eigenvalue weighted by atomic mass is 9.82. The number of nitrogens with one attached hydrogen (secondary N) is 1. The van der Waals surface area contributed by atoms with Crippen molar-refractivity contribution in [1.82, 2.24) is 24.1 Å². The summed E-state index contributed by atoms with van der Waals surface area (Å²) in [6, 6.07) is 6.31. The van der Waals surface area contributed by atoms with Crippen LogP contribution in [0.3, 0.4) is 0 Å². The molecule has 3 aromatic rings. The van der Waals surface area contributed by atoms with Gasteiger partial charge in [0.15, 0.2) is 0 Å². The molecule has 1 N–H and O–H groups in total. The van der Waals surface area contributed by atoms with E-state index in [-0.39, 0.29) is 6.04 Å². The Kier molecular flexibility index (Phi) is 4.59. The molecule has 1 fully saturated rings. The van der Waals surface area contributed by atoms with Gasteiger partial charge < -0.3 is 5.32 Å². The topological polar surface area (TPSA) is 68.5 Å². The monoisotopic (exact) mass is 414 g/mol. The van der Waals surface area contributed by atoms with Crippen molar-refractivity contribution in [3.63, 3.8) is 0 Å². The molecule has 1 aromatic carbocycles. The van der Waals surface area contributed by atoms with Gasteiger partial charge in [-0.15, -0.1) is 10.2 Å². The van der Waals surface area contributed by atoms with Gasteiger partial charge in [-0.2, -0.15) is 4.37 Å². The van der Waals surface area contributed by atoms with Crippen LogP contribution >= 0.6 is 23.1 Å². The van der Waals surface area contributed by atoms with E-state index in [0.29, 0.717) is 11.8 Å². The van der Waals surface area contributed by atoms with Crippen molar-refractivity contribution in [3.05, 3.63) is 45.7 Å². The Morgan fingerprint density at radius 3 is 2.68 bits per heavy atom. The summed E-state index contributed by atoms with van der Waals surface area (Å²) in [4.78, 5) is 4.60. The van der Waals surface area contributed by atoms with Crippen molar-refractivity contribution in [2.75, 3.05) is 5.32 Å². The van der Waals surface area contributed by atoms with Gasteiger partial charge in [-0.1, -0.05) is 11.6 Å². The third-order valence-corrected chi connectivity index (χ3v) is 7.03. The van der Waals surface area contributed by atoms with Gasteiger partial charge in [0.1, 0.15) is 22.5 Å². The van der Waals surface area contributed by atoms with E-state index in [1.165, 1.54) is 5.01 Å². The van der Waals surface area contributed by atoms with Crippen molar-refractivity contribution in [1.29, 1.82) is 0 Å². The fourth-order valence-corrected chi connectivity index (χ4v) is 5.47. The SMILES string of the molecule is Cc1nsc(C2CCC(c3nnc4n3-c3ccc(Cl)cc3NC(C)C4)CC2)n1. The maximum atomic E-state index is 6.25. The van der Waals surface area contributed by atoms with Gasteiger partial charge in [-0.25, -0.2) is 4.98 Å². The van der Waals surface area contributed by atoms with Crippen LogP contribution in [-0.4, -0.2) is 30.2 Å². The number of anilines is 1. The predicted octanol–water partition coefficient (Wildman–Crippen LogP) is 4.88. The second-order valence-corrected chi connectivity index (χ2v) is 9.17. The van der Waals surface area contributed by atoms with Crippen LogP contribution in [0.5, 0.6) is 0 Å². The smallest absolute Gasteiger partial charge is 0.140 e. The van der Waals surface area contributed by atoms with E-state index in [9.17, 15) is 0 Å². The molecule has 3 heterocycles. The molecule has 1 unspecified atom stereocenters. The first-order chi connectivity index (χ1) is 13.6. The van der Waals surface area contributed by atoms with Gasteiger partial charge in [0.2, 0.25) is 0 Å². The molecule has 2 aromatic heterocycles. The molecular formula is C20H23ClN6S. The lowest BCUT2D eigenvalue weighted by Gasteiger charge is -2.27. The van der Waals surface area contributed by atoms with Crippen molar-refractivity contribution >= 4 is 28.8 Å². The van der Waals surface area contributed by atoms with Crippen LogP contribution in [0.4, 0.5) is 5.69 Å². The lowest BCUT2D eigenvalue weighted by molar-refractivity contribution is 0.381. The summed E-state index contributed by atoms with van der Waals surface area (Å²) in [5.41, 5.74) is 2.16. The van der Waals surface area contributed by atoms with Gasteiger partial charge in [0, 0.05) is 29.3 Å². The zero-order chi connectivity index (χ0) is 19.3. The standard InChI is InChI=1S/C20H23ClN6S/c1-11-9-18-24-25-19(27(18)17-8-7-15(21)10-16(17)22-11)13-3-5-14(6-4-13)20-23-12(2)26-28-20/h7-8,10-11,13-14,22H,3-6,9H2,1-2H3. The third kappa shape index (κ3) is 3.20. The minimum absolute atomic E-state index is 0.284. The summed E-state index contributed by atoms with van der Waals surface area (Å²) in [5, 5.41) is 14.7. The van der Waals surface area contributed by atoms with Gasteiger partial charge in [0.25, 0.3) is 0 Å². The Bertz CT molecular complexity index is 1000. The highest BCUT2D eigenvalue weighted by atomic mass is 35.5. The van der Waals surface area contributed by atoms with Crippen LogP contribution in [0.2, 0.25) is 5.02 Å². The number of aromatic nitrogens is 5. The Balaban J connectivity index is 1.45. The van der Waals surface area contributed by atoms with Crippen LogP contribution in [-0.2, 0) is 6.42 Å². The predicted molar refractivity (Wildman–Crippen MR) is 112 cm³/mol. The lowest BCUT2D eigenvalue weighted by Crippen LogP contribution is -2.17. The second-order valence-electron chi connectivity index (χ2n) is 7.95. The highest BCUT2D eigenvalue weighted by molar-refractivity contribution is 7.05. The van der Waals surface area contributed by atoms with Crippen molar-refractivity contribution in [2.24, 2.45) is 0 Å². The van der Waals surface area contributed by atoms with Crippen molar-refractivity contribution in [3.8, 4) is 5.69 Å². The third-order valence-electron chi connectivity index (χ3n) is 5.83. The van der Waals surface area contributed by atoms with E-state index in [0.717, 1.165) is 66.0 Å². The first-order valence-corrected chi connectivity index (χ1v) is 11.0. The van der Waals surface area contributed by atoms with Gasteiger partial charge in [-0.05, 0) is 69.3 Å². The number of halogens is 1. The van der Waals surface area contributed by atoms with E-state index < -0.39 is 0 Å². The summed E-state index contributed by atoms with van der Waals surface area (Å²) < 4.78 is 6.62. The number of aryl methyl sites for hydroxylation is 1. The molecule has 1 atom stereocenters. The number of hydrogen-bond acceptors (Lipinski definition) is 6. The van der Waals surface area contributed by atoms with Gasteiger partial charge in [-0.3, -0.25) is 4.57 Å². The van der Waals surface area contributed by atoms with Crippen LogP contribution in [0.15, 0.2) is 18.2 Å². The first-order valence-electron chi connectivity index (χ1n) is 9.89. The van der Waals surface area contributed by atoms with E-state index in [1.807, 2.05) is 19.1 Å². The van der Waals surface area contributed by atoms with Gasteiger partial charge in [0.05, 0.1) is 11.4 Å². The Hall–Kier alpha value is -1.99. The molecule has 0 bridgehead atoms. The maximum absolute atomic E-state index is 6.25. The highest BCUT2D eigenvalue weighted by Gasteiger charge is 2.31. The molecule has 5 rings (SSSR count). The maximum Gasteiger partial charge on any atom is 0.140 e. The molecule has 0 spiro atoms. The normalized spacial score (nSPS) is 24.2. The molecule has 1 aliphatic heterocycles. The molecule has 146 valence electrons. The summed E-state index contributed by atoms with van der Waals surface area (Å²) in [5.74, 6) is 3.95. The summed E-state index contributed by atoms with van der Waals surface area (Å²) in [7, 11) is 0. The van der Waals surface area contributed by atoms with Crippen LogP contribution in [0.25, 0.3) is 5.69 Å². The molecule has 6 nitrogen and oxygen atoms in total. The fourth-order valence-electron chi connectivity index (χ4n) is 4.48. The molecule has 1 aliphatic carbocycles. The number of fused-ring (bicyclic) bond motifs is 3. The zero-order valence-corrected chi connectivity index (χ0v) is 17.6. The molecule has 0 radical (unpaired) electrons. The fraction of sp³-hybridized carbons (Fsp3) is 0.500. The highest BCUT2D eigenvalue weighted by Crippen LogP contribution is 2.42. The summed E-state index contributed by atoms with van der Waals surface area (Å²) in [6.45, 7) is 4.14. The molecule has 28 heavy (non-hydrogen) atoms. The molecule has 8 heteroatoms. The number of rotatable bonds is 2. The Morgan fingerprint density at radius 2 is 1.93 bits per heavy atom. The zero-order valence-electron chi connectivity index (χ0n) is 16.0. The minimum atomic E-state index is 0.284. The van der Waals surface area contributed by atoms with E-state index in [2.05, 4.69) is 42.4 Å². The average molecular weight is 415 g/mol. The average Bonchev–Trinajstić information content (AvgIpc) is 3.25. The number of hydrogen-bond donors (Lipinski definition) is 1. The quantitative estimate of drug-likeness (QED) is 0.647. The first kappa shape index (κ1) is 18.1. The molecule has 0 saturated heterocycles. The van der Waals surface area contributed by atoms with Crippen LogP contribution < -0.4 is 5.32 Å². The van der Waals surface area contributed by atoms with Gasteiger partial charge >= 0.3 is 0 Å². The van der Waals surface area contributed by atoms with E-state index in [1.54, 1.807) is 11.5 Å². The largest absolute Gasteiger partial charge is 0.380 e. The minimum Gasteiger partial charge on any atom is -0.380 e. The number of benzene rings is 1. The Morgan fingerprint density at radius 1 is 1.14 bits per heavy atom.